The minimum absolute atomic E-state index is 0.0622. The van der Waals surface area contributed by atoms with Gasteiger partial charge >= 0.3 is 5.97 Å². The molecule has 0 atom stereocenters. The van der Waals surface area contributed by atoms with E-state index < -0.39 is 16.0 Å². The molecule has 0 aromatic carbocycles. The lowest BCUT2D eigenvalue weighted by atomic mass is 10.4. The summed E-state index contributed by atoms with van der Waals surface area (Å²) in [5.41, 5.74) is 0.627. The molecule has 21 heavy (non-hydrogen) atoms. The number of carbonyl (C=O) groups is 1. The topological polar surface area (TPSA) is 113 Å². The lowest BCUT2D eigenvalue weighted by Crippen LogP contribution is -2.28. The second kappa shape index (κ2) is 7.53. The third-order valence-electron chi connectivity index (χ3n) is 2.94. The normalized spacial score (nSPS) is 11.8. The second-order valence-electron chi connectivity index (χ2n) is 4.66. The Hall–Kier alpha value is -1.45. The van der Waals surface area contributed by atoms with E-state index in [2.05, 4.69) is 15.1 Å². The van der Waals surface area contributed by atoms with E-state index in [1.807, 2.05) is 6.92 Å². The standard InChI is InChI=1S/C12H22N4O4S/c1-4-13-6-5-7-14-21(19,20)12-9(2)15-16(10(12)3)8-11(17)18/h13-14H,4-8H2,1-3H3,(H,17,18). The van der Waals surface area contributed by atoms with Gasteiger partial charge in [0.2, 0.25) is 10.0 Å². The zero-order valence-electron chi connectivity index (χ0n) is 12.5. The summed E-state index contributed by atoms with van der Waals surface area (Å²) in [6.07, 6.45) is 0.675. The van der Waals surface area contributed by atoms with Gasteiger partial charge in [-0.25, -0.2) is 13.1 Å². The Morgan fingerprint density at radius 1 is 1.33 bits per heavy atom. The fourth-order valence-electron chi connectivity index (χ4n) is 2.02. The highest BCUT2D eigenvalue weighted by Crippen LogP contribution is 2.19. The van der Waals surface area contributed by atoms with Gasteiger partial charge in [0.05, 0.1) is 11.4 Å². The highest BCUT2D eigenvalue weighted by Gasteiger charge is 2.24. The highest BCUT2D eigenvalue weighted by atomic mass is 32.2. The summed E-state index contributed by atoms with van der Waals surface area (Å²) in [4.78, 5) is 10.8. The number of carboxylic acids is 1. The Morgan fingerprint density at radius 2 is 2.00 bits per heavy atom. The number of rotatable bonds is 9. The number of aryl methyl sites for hydroxylation is 1. The fourth-order valence-corrected chi connectivity index (χ4v) is 3.50. The number of aromatic nitrogens is 2. The fraction of sp³-hybridized carbons (Fsp3) is 0.667. The van der Waals surface area contributed by atoms with Crippen molar-refractivity contribution in [2.75, 3.05) is 19.6 Å². The van der Waals surface area contributed by atoms with E-state index in [4.69, 9.17) is 5.11 Å². The molecule has 3 N–H and O–H groups in total. The summed E-state index contributed by atoms with van der Waals surface area (Å²) in [5, 5.41) is 15.9. The molecule has 0 unspecified atom stereocenters. The average molecular weight is 318 g/mol. The van der Waals surface area contributed by atoms with Gasteiger partial charge in [-0.1, -0.05) is 6.92 Å². The molecule has 1 aromatic rings. The molecule has 0 aliphatic rings. The van der Waals surface area contributed by atoms with E-state index in [1.165, 1.54) is 4.68 Å². The molecule has 0 fully saturated rings. The minimum Gasteiger partial charge on any atom is -0.480 e. The van der Waals surface area contributed by atoms with Crippen molar-refractivity contribution in [1.29, 1.82) is 0 Å². The molecular weight excluding hydrogens is 296 g/mol. The van der Waals surface area contributed by atoms with Crippen molar-refractivity contribution in [1.82, 2.24) is 19.8 Å². The third-order valence-corrected chi connectivity index (χ3v) is 4.65. The molecule has 0 saturated carbocycles. The first-order valence-electron chi connectivity index (χ1n) is 6.75. The molecule has 8 nitrogen and oxygen atoms in total. The Morgan fingerprint density at radius 3 is 2.57 bits per heavy atom. The largest absolute Gasteiger partial charge is 0.480 e. The summed E-state index contributed by atoms with van der Waals surface area (Å²) in [7, 11) is -3.68. The number of aliphatic carboxylic acids is 1. The molecular formula is C12H22N4O4S. The van der Waals surface area contributed by atoms with E-state index in [-0.39, 0.29) is 11.4 Å². The molecule has 0 aliphatic heterocycles. The minimum atomic E-state index is -3.68. The molecule has 120 valence electrons. The van der Waals surface area contributed by atoms with Crippen LogP contribution in [0.15, 0.2) is 4.90 Å². The van der Waals surface area contributed by atoms with Crippen LogP contribution in [0.2, 0.25) is 0 Å². The van der Waals surface area contributed by atoms with Crippen molar-refractivity contribution in [3.63, 3.8) is 0 Å². The van der Waals surface area contributed by atoms with Crippen LogP contribution >= 0.6 is 0 Å². The molecule has 0 amide bonds. The summed E-state index contributed by atoms with van der Waals surface area (Å²) < 4.78 is 28.2. The van der Waals surface area contributed by atoms with Crippen molar-refractivity contribution in [3.05, 3.63) is 11.4 Å². The lowest BCUT2D eigenvalue weighted by molar-refractivity contribution is -0.137. The Kier molecular flexibility index (Phi) is 6.31. The van der Waals surface area contributed by atoms with Crippen LogP contribution in [0.1, 0.15) is 24.7 Å². The van der Waals surface area contributed by atoms with Gasteiger partial charge in [-0.3, -0.25) is 9.48 Å². The van der Waals surface area contributed by atoms with Crippen LogP contribution in [0, 0.1) is 13.8 Å². The predicted molar refractivity (Wildman–Crippen MR) is 77.7 cm³/mol. The van der Waals surface area contributed by atoms with Crippen LogP contribution in [0.3, 0.4) is 0 Å². The van der Waals surface area contributed by atoms with Crippen LogP contribution in [0.5, 0.6) is 0 Å². The zero-order chi connectivity index (χ0) is 16.0. The van der Waals surface area contributed by atoms with Crippen LogP contribution in [-0.4, -0.2) is 48.9 Å². The summed E-state index contributed by atoms with van der Waals surface area (Å²) in [5.74, 6) is -1.07. The Balaban J connectivity index is 2.83. The van der Waals surface area contributed by atoms with Gasteiger partial charge in [0.25, 0.3) is 0 Å². The van der Waals surface area contributed by atoms with Gasteiger partial charge in [-0.15, -0.1) is 0 Å². The molecule has 9 heteroatoms. The molecule has 1 aromatic heterocycles. The van der Waals surface area contributed by atoms with Crippen LogP contribution in [-0.2, 0) is 21.4 Å². The third kappa shape index (κ3) is 4.80. The van der Waals surface area contributed by atoms with Gasteiger partial charge in [-0.2, -0.15) is 5.10 Å². The van der Waals surface area contributed by atoms with E-state index in [0.717, 1.165) is 13.1 Å². The quantitative estimate of drug-likeness (QED) is 0.546. The van der Waals surface area contributed by atoms with Crippen LogP contribution in [0.4, 0.5) is 0 Å². The van der Waals surface area contributed by atoms with Gasteiger partial charge in [0.1, 0.15) is 11.4 Å². The maximum Gasteiger partial charge on any atom is 0.325 e. The lowest BCUT2D eigenvalue weighted by Gasteiger charge is -2.07. The number of hydrogen-bond donors (Lipinski definition) is 3. The van der Waals surface area contributed by atoms with E-state index in [0.29, 0.717) is 24.4 Å². The summed E-state index contributed by atoms with van der Waals surface area (Å²) >= 11 is 0. The first-order chi connectivity index (χ1) is 9.79. The molecule has 1 heterocycles. The van der Waals surface area contributed by atoms with Gasteiger partial charge in [0.15, 0.2) is 0 Å². The van der Waals surface area contributed by atoms with E-state index in [9.17, 15) is 13.2 Å². The zero-order valence-corrected chi connectivity index (χ0v) is 13.3. The molecule has 0 saturated heterocycles. The first kappa shape index (κ1) is 17.6. The van der Waals surface area contributed by atoms with Crippen molar-refractivity contribution in [2.45, 2.75) is 38.6 Å². The number of carboxylic acid groups (broad SMARTS) is 1. The Labute approximate surface area is 124 Å². The average Bonchev–Trinajstić information content (AvgIpc) is 2.63. The second-order valence-corrected chi connectivity index (χ2v) is 6.36. The molecule has 0 radical (unpaired) electrons. The number of nitrogens with zero attached hydrogens (tertiary/aromatic N) is 2. The molecule has 0 bridgehead atoms. The number of sulfonamides is 1. The number of hydrogen-bond acceptors (Lipinski definition) is 5. The first-order valence-corrected chi connectivity index (χ1v) is 8.24. The predicted octanol–water partition coefficient (Wildman–Crippen LogP) is -0.138. The maximum atomic E-state index is 12.3. The molecule has 1 rings (SSSR count). The molecule has 0 spiro atoms. The smallest absolute Gasteiger partial charge is 0.325 e. The van der Waals surface area contributed by atoms with E-state index in [1.54, 1.807) is 13.8 Å². The maximum absolute atomic E-state index is 12.3. The van der Waals surface area contributed by atoms with Gasteiger partial charge < -0.3 is 10.4 Å². The van der Waals surface area contributed by atoms with Gasteiger partial charge in [-0.05, 0) is 33.4 Å². The van der Waals surface area contributed by atoms with Crippen LogP contribution < -0.4 is 10.0 Å². The summed E-state index contributed by atoms with van der Waals surface area (Å²) in [6, 6.07) is 0. The van der Waals surface area contributed by atoms with Gasteiger partial charge in [0, 0.05) is 6.54 Å². The van der Waals surface area contributed by atoms with Crippen molar-refractivity contribution < 1.29 is 18.3 Å². The molecule has 0 aliphatic carbocycles. The summed E-state index contributed by atoms with van der Waals surface area (Å²) in [6.45, 7) is 6.62. The van der Waals surface area contributed by atoms with Crippen LogP contribution in [0.25, 0.3) is 0 Å². The Bertz CT molecular complexity index is 595. The number of nitrogens with one attached hydrogen (secondary N) is 2. The SMILES string of the molecule is CCNCCCNS(=O)(=O)c1c(C)nn(CC(=O)O)c1C. The highest BCUT2D eigenvalue weighted by molar-refractivity contribution is 7.89. The van der Waals surface area contributed by atoms with Crippen molar-refractivity contribution in [3.8, 4) is 0 Å². The van der Waals surface area contributed by atoms with E-state index >= 15 is 0 Å². The van der Waals surface area contributed by atoms with Crippen molar-refractivity contribution >= 4 is 16.0 Å². The van der Waals surface area contributed by atoms with Crippen molar-refractivity contribution in [2.24, 2.45) is 0 Å². The monoisotopic (exact) mass is 318 g/mol.